The van der Waals surface area contributed by atoms with Gasteiger partial charge in [-0.15, -0.1) is 0 Å². The van der Waals surface area contributed by atoms with Crippen molar-refractivity contribution in [1.82, 2.24) is 0 Å². The molecule has 0 unspecified atom stereocenters. The van der Waals surface area contributed by atoms with Crippen molar-refractivity contribution in [2.24, 2.45) is 0 Å². The predicted octanol–water partition coefficient (Wildman–Crippen LogP) is 8.35. The summed E-state index contributed by atoms with van der Waals surface area (Å²) in [5, 5.41) is 13.0. The largest absolute Gasteiger partial charge is 0.376 e. The highest BCUT2D eigenvalue weighted by molar-refractivity contribution is 9.10. The van der Waals surface area contributed by atoms with Crippen molar-refractivity contribution in [2.75, 3.05) is 0 Å². The summed E-state index contributed by atoms with van der Waals surface area (Å²) < 4.78 is 0.970. The second kappa shape index (κ2) is 8.86. The van der Waals surface area contributed by atoms with Crippen LogP contribution >= 0.6 is 27.5 Å². The van der Waals surface area contributed by atoms with Crippen LogP contribution in [0.5, 0.6) is 0 Å². The Morgan fingerprint density at radius 2 is 1.22 bits per heavy atom. The highest BCUT2D eigenvalue weighted by Crippen LogP contribution is 2.44. The molecule has 0 radical (unpaired) electrons. The van der Waals surface area contributed by atoms with Gasteiger partial charge in [0.15, 0.2) is 0 Å². The molecule has 0 aliphatic heterocycles. The van der Waals surface area contributed by atoms with E-state index < -0.39 is 5.60 Å². The van der Waals surface area contributed by atoms with Crippen LogP contribution < -0.4 is 0 Å². The average molecular weight is 506 g/mol. The Bertz CT molecular complexity index is 1190. The molecule has 3 heteroatoms. The fraction of sp³-hybridized carbons (Fsp3) is 0.172. The van der Waals surface area contributed by atoms with Gasteiger partial charge in [-0.2, -0.15) is 0 Å². The zero-order valence-electron chi connectivity index (χ0n) is 18.4. The van der Waals surface area contributed by atoms with E-state index in [-0.39, 0.29) is 5.41 Å². The van der Waals surface area contributed by atoms with Gasteiger partial charge in [-0.3, -0.25) is 0 Å². The van der Waals surface area contributed by atoms with Gasteiger partial charge in [0, 0.05) is 15.1 Å². The summed E-state index contributed by atoms with van der Waals surface area (Å²) in [6.45, 7) is 6.60. The zero-order chi connectivity index (χ0) is 22.9. The van der Waals surface area contributed by atoms with Crippen molar-refractivity contribution in [3.63, 3.8) is 0 Å². The minimum absolute atomic E-state index is 0.00278. The Balaban J connectivity index is 2.05. The molecule has 0 atom stereocenters. The molecular weight excluding hydrogens is 480 g/mol. The molecule has 4 rings (SSSR count). The van der Waals surface area contributed by atoms with Crippen LogP contribution in [0, 0.1) is 0 Å². The highest BCUT2D eigenvalue weighted by atomic mass is 79.9. The third kappa shape index (κ3) is 4.28. The number of hydrogen-bond acceptors (Lipinski definition) is 1. The quantitative estimate of drug-likeness (QED) is 0.276. The van der Waals surface area contributed by atoms with Crippen molar-refractivity contribution in [2.45, 2.75) is 31.8 Å². The average Bonchev–Trinajstić information content (AvgIpc) is 2.79. The van der Waals surface area contributed by atoms with Crippen LogP contribution in [0.2, 0.25) is 5.02 Å². The van der Waals surface area contributed by atoms with Crippen LogP contribution in [0.25, 0.3) is 11.1 Å². The van der Waals surface area contributed by atoms with Crippen LogP contribution in [0.1, 0.15) is 43.0 Å². The summed E-state index contributed by atoms with van der Waals surface area (Å²) in [6.07, 6.45) is 0. The van der Waals surface area contributed by atoms with Gasteiger partial charge >= 0.3 is 0 Å². The van der Waals surface area contributed by atoms with E-state index in [2.05, 4.69) is 54.9 Å². The number of hydrogen-bond donors (Lipinski definition) is 1. The van der Waals surface area contributed by atoms with Gasteiger partial charge in [-0.05, 0) is 57.5 Å². The van der Waals surface area contributed by atoms with Crippen LogP contribution in [0.3, 0.4) is 0 Å². The maximum Gasteiger partial charge on any atom is 0.141 e. The Hall–Kier alpha value is -2.39. The van der Waals surface area contributed by atoms with Gasteiger partial charge in [-0.1, -0.05) is 121 Å². The summed E-state index contributed by atoms with van der Waals surface area (Å²) in [6, 6.07) is 31.7. The number of rotatable bonds is 4. The van der Waals surface area contributed by atoms with Crippen LogP contribution in [0.15, 0.2) is 102 Å². The molecule has 0 aromatic heterocycles. The fourth-order valence-electron chi connectivity index (χ4n) is 4.09. The SMILES string of the molecule is CC(C)(C)c1ccc(Br)c(-c2ccc(Cl)cc2C(O)(c2ccccc2)c2ccccc2)c1. The lowest BCUT2D eigenvalue weighted by Crippen LogP contribution is -2.29. The summed E-state index contributed by atoms with van der Waals surface area (Å²) in [4.78, 5) is 0. The first-order valence-corrected chi connectivity index (χ1v) is 11.8. The summed E-state index contributed by atoms with van der Waals surface area (Å²) >= 11 is 10.3. The highest BCUT2D eigenvalue weighted by Gasteiger charge is 2.36. The fourth-order valence-corrected chi connectivity index (χ4v) is 4.72. The number of benzene rings is 4. The summed E-state index contributed by atoms with van der Waals surface area (Å²) in [5.74, 6) is 0. The Morgan fingerprint density at radius 1 is 0.656 bits per heavy atom. The van der Waals surface area contributed by atoms with Crippen molar-refractivity contribution in [3.05, 3.63) is 129 Å². The van der Waals surface area contributed by atoms with Gasteiger partial charge < -0.3 is 5.11 Å². The molecular formula is C29H26BrClO. The maximum absolute atomic E-state index is 12.4. The van der Waals surface area contributed by atoms with Gasteiger partial charge in [0.2, 0.25) is 0 Å². The van der Waals surface area contributed by atoms with Crippen molar-refractivity contribution < 1.29 is 5.11 Å². The topological polar surface area (TPSA) is 20.2 Å². The molecule has 0 bridgehead atoms. The molecule has 32 heavy (non-hydrogen) atoms. The first kappa shape index (κ1) is 22.8. The van der Waals surface area contributed by atoms with Gasteiger partial charge in [0.25, 0.3) is 0 Å². The second-order valence-electron chi connectivity index (χ2n) is 9.08. The molecule has 0 heterocycles. The molecule has 0 aliphatic carbocycles. The monoisotopic (exact) mass is 504 g/mol. The predicted molar refractivity (Wildman–Crippen MR) is 138 cm³/mol. The minimum Gasteiger partial charge on any atom is -0.376 e. The number of aliphatic hydroxyl groups is 1. The van der Waals surface area contributed by atoms with E-state index in [1.54, 1.807) is 0 Å². The van der Waals surface area contributed by atoms with Crippen molar-refractivity contribution in [1.29, 1.82) is 0 Å². The van der Waals surface area contributed by atoms with Gasteiger partial charge in [0.1, 0.15) is 5.60 Å². The zero-order valence-corrected chi connectivity index (χ0v) is 20.8. The molecule has 0 spiro atoms. The summed E-state index contributed by atoms with van der Waals surface area (Å²) in [5.41, 5.74) is 4.12. The molecule has 1 N–H and O–H groups in total. The van der Waals surface area contributed by atoms with Gasteiger partial charge in [0.05, 0.1) is 0 Å². The lowest BCUT2D eigenvalue weighted by Gasteiger charge is -2.33. The van der Waals surface area contributed by atoms with E-state index in [4.69, 9.17) is 11.6 Å². The van der Waals surface area contributed by atoms with E-state index >= 15 is 0 Å². The van der Waals surface area contributed by atoms with Crippen LogP contribution in [-0.4, -0.2) is 5.11 Å². The molecule has 162 valence electrons. The molecule has 4 aromatic rings. The molecule has 0 fully saturated rings. The molecule has 4 aromatic carbocycles. The van der Waals surface area contributed by atoms with E-state index in [0.29, 0.717) is 5.02 Å². The van der Waals surface area contributed by atoms with Crippen molar-refractivity contribution in [3.8, 4) is 11.1 Å². The van der Waals surface area contributed by atoms with Crippen LogP contribution in [0.4, 0.5) is 0 Å². The molecule has 0 saturated carbocycles. The summed E-state index contributed by atoms with van der Waals surface area (Å²) in [7, 11) is 0. The maximum atomic E-state index is 12.4. The Kier molecular flexibility index (Phi) is 6.31. The Labute approximate surface area is 203 Å². The van der Waals surface area contributed by atoms with E-state index in [0.717, 1.165) is 32.3 Å². The lowest BCUT2D eigenvalue weighted by molar-refractivity contribution is 0.126. The first-order chi connectivity index (χ1) is 15.2. The molecule has 0 amide bonds. The lowest BCUT2D eigenvalue weighted by atomic mass is 9.76. The molecule has 0 saturated heterocycles. The van der Waals surface area contributed by atoms with E-state index in [1.807, 2.05) is 78.9 Å². The van der Waals surface area contributed by atoms with E-state index in [1.165, 1.54) is 5.56 Å². The molecule has 0 aliphatic rings. The standard InChI is InChI=1S/C29H26BrClO/c1-28(2,3)22-14-17-27(30)25(18-22)24-16-15-23(31)19-26(24)29(32,20-10-6-4-7-11-20)21-12-8-5-9-13-21/h4-19,32H,1-3H3. The van der Waals surface area contributed by atoms with E-state index in [9.17, 15) is 5.11 Å². The third-order valence-corrected chi connectivity index (χ3v) is 6.80. The van der Waals surface area contributed by atoms with Crippen molar-refractivity contribution >= 4 is 27.5 Å². The Morgan fingerprint density at radius 3 is 1.75 bits per heavy atom. The van der Waals surface area contributed by atoms with Gasteiger partial charge in [-0.25, -0.2) is 0 Å². The first-order valence-electron chi connectivity index (χ1n) is 10.6. The third-order valence-electron chi connectivity index (χ3n) is 5.88. The normalized spacial score (nSPS) is 12.1. The smallest absolute Gasteiger partial charge is 0.141 e. The number of halogens is 2. The minimum atomic E-state index is -1.38. The van der Waals surface area contributed by atoms with Crippen LogP contribution in [-0.2, 0) is 11.0 Å². The second-order valence-corrected chi connectivity index (χ2v) is 10.4. The molecule has 1 nitrogen and oxygen atoms in total.